The lowest BCUT2D eigenvalue weighted by Gasteiger charge is -2.36. The normalized spacial score (nSPS) is 21.1. The van der Waals surface area contributed by atoms with Crippen LogP contribution in [0.5, 0.6) is 11.6 Å². The molecule has 0 aliphatic heterocycles. The predicted molar refractivity (Wildman–Crippen MR) is 113 cm³/mol. The van der Waals surface area contributed by atoms with Gasteiger partial charge in [-0.3, -0.25) is 4.79 Å². The third kappa shape index (κ3) is 6.43. The molecule has 2 N–H and O–H groups in total. The molecule has 1 amide bonds. The largest absolute Gasteiger partial charge is 0.477 e. The second-order valence-electron chi connectivity index (χ2n) is 7.91. The van der Waals surface area contributed by atoms with E-state index in [-0.39, 0.29) is 19.2 Å². The zero-order valence-electron chi connectivity index (χ0n) is 17.6. The van der Waals surface area contributed by atoms with Gasteiger partial charge in [-0.25, -0.2) is 4.98 Å². The molecule has 1 aromatic carbocycles. The van der Waals surface area contributed by atoms with Gasteiger partial charge in [-0.05, 0) is 68.4 Å². The number of methoxy groups -OCH3 is 1. The number of carbonyl (C=O) groups is 1. The molecule has 2 aromatic rings. The Bertz CT molecular complexity index is 799. The Morgan fingerprint density at radius 3 is 2.53 bits per heavy atom. The summed E-state index contributed by atoms with van der Waals surface area (Å²) >= 11 is 0. The predicted octanol–water partition coefficient (Wildman–Crippen LogP) is 3.10. The Balaban J connectivity index is 1.40. The van der Waals surface area contributed by atoms with Gasteiger partial charge in [0.15, 0.2) is 6.79 Å². The molecule has 0 unspecified atom stereocenters. The fourth-order valence-electron chi connectivity index (χ4n) is 3.48. The van der Waals surface area contributed by atoms with Gasteiger partial charge in [-0.1, -0.05) is 6.07 Å². The highest BCUT2D eigenvalue weighted by molar-refractivity contribution is 5.94. The Kier molecular flexibility index (Phi) is 7.65. The van der Waals surface area contributed by atoms with Gasteiger partial charge in [0.1, 0.15) is 5.75 Å². The van der Waals surface area contributed by atoms with E-state index in [9.17, 15) is 9.90 Å². The van der Waals surface area contributed by atoms with Gasteiger partial charge in [0.25, 0.3) is 5.91 Å². The second kappa shape index (κ2) is 10.4. The number of nitrogens with one attached hydrogen (secondary N) is 1. The van der Waals surface area contributed by atoms with Crippen molar-refractivity contribution in [1.82, 2.24) is 10.3 Å². The number of benzene rings is 1. The quantitative estimate of drug-likeness (QED) is 0.613. The lowest BCUT2D eigenvalue weighted by atomic mass is 9.79. The van der Waals surface area contributed by atoms with Gasteiger partial charge in [0, 0.05) is 31.5 Å². The van der Waals surface area contributed by atoms with Crippen LogP contribution < -0.4 is 14.8 Å². The van der Waals surface area contributed by atoms with E-state index in [1.54, 1.807) is 37.6 Å². The third-order valence-corrected chi connectivity index (χ3v) is 5.42. The average molecular weight is 415 g/mol. The first-order chi connectivity index (χ1) is 14.5. The lowest BCUT2D eigenvalue weighted by Crippen LogP contribution is -2.45. The number of hydrogen-bond acceptors (Lipinski definition) is 6. The molecule has 162 valence electrons. The number of aliphatic hydroxyl groups is 1. The number of aryl methyl sites for hydroxylation is 1. The van der Waals surface area contributed by atoms with Crippen LogP contribution in [0.2, 0.25) is 0 Å². The van der Waals surface area contributed by atoms with Gasteiger partial charge in [0.2, 0.25) is 5.88 Å². The molecule has 1 aliphatic rings. The summed E-state index contributed by atoms with van der Waals surface area (Å²) in [5, 5.41) is 13.7. The fraction of sp³-hybridized carbons (Fsp3) is 0.478. The van der Waals surface area contributed by atoms with Crippen molar-refractivity contribution in [2.45, 2.75) is 38.2 Å². The van der Waals surface area contributed by atoms with Crippen LogP contribution in [-0.2, 0) is 4.74 Å². The number of ether oxygens (including phenoxy) is 3. The van der Waals surface area contributed by atoms with Crippen LogP contribution in [0.1, 0.15) is 41.6 Å². The molecule has 7 heteroatoms. The van der Waals surface area contributed by atoms with Crippen molar-refractivity contribution < 1.29 is 24.1 Å². The molecule has 1 heterocycles. The van der Waals surface area contributed by atoms with Crippen LogP contribution in [0, 0.1) is 12.8 Å². The monoisotopic (exact) mass is 414 g/mol. The maximum Gasteiger partial charge on any atom is 0.251 e. The second-order valence-corrected chi connectivity index (χ2v) is 7.91. The summed E-state index contributed by atoms with van der Waals surface area (Å²) < 4.78 is 15.9. The van der Waals surface area contributed by atoms with Crippen LogP contribution >= 0.6 is 0 Å². The van der Waals surface area contributed by atoms with Crippen LogP contribution in [0.15, 0.2) is 42.6 Å². The van der Waals surface area contributed by atoms with Gasteiger partial charge in [-0.2, -0.15) is 0 Å². The number of pyridine rings is 1. The van der Waals surface area contributed by atoms with E-state index in [1.807, 2.05) is 19.1 Å². The van der Waals surface area contributed by atoms with Crippen molar-refractivity contribution in [2.24, 2.45) is 5.92 Å². The van der Waals surface area contributed by atoms with E-state index in [0.717, 1.165) is 18.4 Å². The summed E-state index contributed by atoms with van der Waals surface area (Å²) in [4.78, 5) is 16.6. The number of rotatable bonds is 9. The van der Waals surface area contributed by atoms with Crippen molar-refractivity contribution in [3.8, 4) is 11.6 Å². The van der Waals surface area contributed by atoms with E-state index < -0.39 is 5.60 Å². The average Bonchev–Trinajstić information content (AvgIpc) is 2.77. The maximum atomic E-state index is 12.4. The summed E-state index contributed by atoms with van der Waals surface area (Å²) in [6.45, 7) is 2.98. The summed E-state index contributed by atoms with van der Waals surface area (Å²) in [5.41, 5.74) is 0.744. The van der Waals surface area contributed by atoms with Crippen LogP contribution in [0.25, 0.3) is 0 Å². The van der Waals surface area contributed by atoms with Crippen molar-refractivity contribution in [1.29, 1.82) is 0 Å². The van der Waals surface area contributed by atoms with Crippen molar-refractivity contribution in [2.75, 3.05) is 27.1 Å². The number of nitrogens with zero attached hydrogens (tertiary/aromatic N) is 1. The molecule has 1 fully saturated rings. The zero-order chi connectivity index (χ0) is 21.4. The van der Waals surface area contributed by atoms with E-state index in [2.05, 4.69) is 10.3 Å². The van der Waals surface area contributed by atoms with Crippen molar-refractivity contribution >= 4 is 5.91 Å². The third-order valence-electron chi connectivity index (χ3n) is 5.42. The number of hydrogen-bond donors (Lipinski definition) is 2. The Morgan fingerprint density at radius 2 is 1.90 bits per heavy atom. The molecule has 0 spiro atoms. The minimum Gasteiger partial charge on any atom is -0.477 e. The molecule has 1 saturated carbocycles. The number of amides is 1. The van der Waals surface area contributed by atoms with E-state index >= 15 is 0 Å². The molecule has 0 bridgehead atoms. The topological polar surface area (TPSA) is 89.9 Å². The highest BCUT2D eigenvalue weighted by Gasteiger charge is 2.33. The summed E-state index contributed by atoms with van der Waals surface area (Å²) in [6, 6.07) is 10.7. The molecule has 1 aliphatic carbocycles. The Labute approximate surface area is 177 Å². The first kappa shape index (κ1) is 22.1. The zero-order valence-corrected chi connectivity index (χ0v) is 17.6. The number of carbonyl (C=O) groups excluding carboxylic acids is 1. The molecule has 0 atom stereocenters. The molecular weight excluding hydrogens is 384 g/mol. The maximum absolute atomic E-state index is 12.4. The van der Waals surface area contributed by atoms with E-state index in [4.69, 9.17) is 14.2 Å². The molecule has 0 radical (unpaired) electrons. The highest BCUT2D eigenvalue weighted by Crippen LogP contribution is 2.32. The molecule has 1 aromatic heterocycles. The number of aromatic nitrogens is 1. The van der Waals surface area contributed by atoms with Gasteiger partial charge < -0.3 is 24.6 Å². The lowest BCUT2D eigenvalue weighted by molar-refractivity contribution is -0.0131. The summed E-state index contributed by atoms with van der Waals surface area (Å²) in [5.74, 6) is 1.43. The summed E-state index contributed by atoms with van der Waals surface area (Å²) in [6.07, 6.45) is 4.75. The van der Waals surface area contributed by atoms with Gasteiger partial charge in [-0.15, -0.1) is 0 Å². The van der Waals surface area contributed by atoms with Crippen LogP contribution in [-0.4, -0.2) is 48.7 Å². The Hall–Kier alpha value is -2.64. The van der Waals surface area contributed by atoms with Gasteiger partial charge >= 0.3 is 0 Å². The highest BCUT2D eigenvalue weighted by atomic mass is 16.7. The van der Waals surface area contributed by atoms with Crippen LogP contribution in [0.3, 0.4) is 0 Å². The fourth-order valence-corrected chi connectivity index (χ4v) is 3.48. The van der Waals surface area contributed by atoms with Crippen molar-refractivity contribution in [3.63, 3.8) is 0 Å². The minimum absolute atomic E-state index is 0.159. The molecule has 7 nitrogen and oxygen atoms in total. The van der Waals surface area contributed by atoms with E-state index in [1.165, 1.54) is 0 Å². The van der Waals surface area contributed by atoms with Gasteiger partial charge in [0.05, 0.1) is 12.2 Å². The summed E-state index contributed by atoms with van der Waals surface area (Å²) in [7, 11) is 1.55. The smallest absolute Gasteiger partial charge is 0.251 e. The standard InChI is InChI=1S/C23H30N2O5/c1-17-3-8-21(24-13-17)29-14-18-9-11-23(27,12-10-18)15-25-22(26)19-4-6-20(7-5-19)30-16-28-2/h3-8,13,18,27H,9-12,14-16H2,1-2H3,(H,25,26)/t18-,23-. The first-order valence-electron chi connectivity index (χ1n) is 10.3. The van der Waals surface area contributed by atoms with E-state index in [0.29, 0.717) is 42.6 Å². The molecule has 0 saturated heterocycles. The molecule has 3 rings (SSSR count). The first-order valence-corrected chi connectivity index (χ1v) is 10.3. The van der Waals surface area contributed by atoms with Crippen molar-refractivity contribution in [3.05, 3.63) is 53.7 Å². The molecular formula is C23H30N2O5. The molecule has 30 heavy (non-hydrogen) atoms. The van der Waals surface area contributed by atoms with Crippen LogP contribution in [0.4, 0.5) is 0 Å². The minimum atomic E-state index is -0.879. The Morgan fingerprint density at radius 1 is 1.17 bits per heavy atom. The SMILES string of the molecule is COCOc1ccc(C(=O)NC[C@]2(O)CC[C@H](COc3ccc(C)cn3)CC2)cc1.